The molecule has 88 valence electrons. The standard InChI is InChI=1S/C12H18N2OS/c15-12(7-10-4-6-16-9-10)14-8-11-3-1-2-5-13-11/h4,6,9,11,13H,1-3,5,7-8H2,(H,14,15)/t11-/m0/s1. The first-order valence-electron chi connectivity index (χ1n) is 5.86. The van der Waals surface area contributed by atoms with Gasteiger partial charge in [-0.15, -0.1) is 0 Å². The minimum absolute atomic E-state index is 0.130. The minimum atomic E-state index is 0.130. The van der Waals surface area contributed by atoms with E-state index in [-0.39, 0.29) is 5.91 Å². The van der Waals surface area contributed by atoms with Crippen LogP contribution in [0.3, 0.4) is 0 Å². The van der Waals surface area contributed by atoms with Crippen LogP contribution >= 0.6 is 11.3 Å². The molecule has 1 aliphatic rings. The molecule has 2 rings (SSSR count). The summed E-state index contributed by atoms with van der Waals surface area (Å²) in [5.74, 6) is 0.130. The Morgan fingerprint density at radius 3 is 3.19 bits per heavy atom. The van der Waals surface area contributed by atoms with E-state index in [4.69, 9.17) is 0 Å². The maximum Gasteiger partial charge on any atom is 0.224 e. The number of carbonyl (C=O) groups excluding carboxylic acids is 1. The van der Waals surface area contributed by atoms with Gasteiger partial charge in [0, 0.05) is 12.6 Å². The zero-order valence-corrected chi connectivity index (χ0v) is 10.2. The number of thiophene rings is 1. The molecule has 2 N–H and O–H groups in total. The van der Waals surface area contributed by atoms with Crippen LogP contribution in [0.5, 0.6) is 0 Å². The second-order valence-electron chi connectivity index (χ2n) is 4.26. The number of piperidine rings is 1. The second-order valence-corrected chi connectivity index (χ2v) is 5.04. The number of carbonyl (C=O) groups is 1. The molecule has 0 radical (unpaired) electrons. The molecule has 2 heterocycles. The zero-order chi connectivity index (χ0) is 11.2. The Kier molecular flexibility index (Phi) is 4.36. The van der Waals surface area contributed by atoms with Crippen LogP contribution in [0, 0.1) is 0 Å². The lowest BCUT2D eigenvalue weighted by Crippen LogP contribution is -2.43. The molecule has 0 saturated carbocycles. The van der Waals surface area contributed by atoms with Crippen molar-refractivity contribution >= 4 is 17.2 Å². The molecule has 3 nitrogen and oxygen atoms in total. The van der Waals surface area contributed by atoms with E-state index >= 15 is 0 Å². The average Bonchev–Trinajstić information content (AvgIpc) is 2.81. The van der Waals surface area contributed by atoms with Crippen molar-refractivity contribution in [2.45, 2.75) is 31.7 Å². The first-order chi connectivity index (χ1) is 7.84. The van der Waals surface area contributed by atoms with Crippen molar-refractivity contribution in [1.29, 1.82) is 0 Å². The second kappa shape index (κ2) is 6.01. The van der Waals surface area contributed by atoms with Crippen molar-refractivity contribution in [3.05, 3.63) is 22.4 Å². The summed E-state index contributed by atoms with van der Waals surface area (Å²) in [6, 6.07) is 2.48. The van der Waals surface area contributed by atoms with Crippen molar-refractivity contribution in [2.75, 3.05) is 13.1 Å². The normalized spacial score (nSPS) is 20.6. The van der Waals surface area contributed by atoms with Gasteiger partial charge < -0.3 is 10.6 Å². The van der Waals surface area contributed by atoms with E-state index in [2.05, 4.69) is 10.6 Å². The van der Waals surface area contributed by atoms with E-state index in [1.54, 1.807) is 11.3 Å². The Morgan fingerprint density at radius 2 is 2.50 bits per heavy atom. The SMILES string of the molecule is O=C(Cc1ccsc1)NC[C@@H]1CCCCN1. The first-order valence-corrected chi connectivity index (χ1v) is 6.80. The smallest absolute Gasteiger partial charge is 0.224 e. The van der Waals surface area contributed by atoms with Crippen LogP contribution in [-0.4, -0.2) is 25.0 Å². The van der Waals surface area contributed by atoms with E-state index in [0.29, 0.717) is 12.5 Å². The predicted molar refractivity (Wildman–Crippen MR) is 66.7 cm³/mol. The lowest BCUT2D eigenvalue weighted by Gasteiger charge is -2.23. The van der Waals surface area contributed by atoms with Gasteiger partial charge in [0.05, 0.1) is 6.42 Å². The van der Waals surface area contributed by atoms with Gasteiger partial charge in [0.15, 0.2) is 0 Å². The van der Waals surface area contributed by atoms with E-state index in [1.165, 1.54) is 19.3 Å². The molecular formula is C12H18N2OS. The fourth-order valence-corrected chi connectivity index (χ4v) is 2.65. The Balaban J connectivity index is 1.67. The molecule has 0 aliphatic carbocycles. The molecule has 0 spiro atoms. The molecular weight excluding hydrogens is 220 g/mol. The van der Waals surface area contributed by atoms with Crippen LogP contribution < -0.4 is 10.6 Å². The largest absolute Gasteiger partial charge is 0.354 e. The van der Waals surface area contributed by atoms with Gasteiger partial charge in [-0.3, -0.25) is 4.79 Å². The molecule has 1 saturated heterocycles. The van der Waals surface area contributed by atoms with Crippen LogP contribution in [-0.2, 0) is 11.2 Å². The number of hydrogen-bond acceptors (Lipinski definition) is 3. The van der Waals surface area contributed by atoms with Gasteiger partial charge in [-0.2, -0.15) is 11.3 Å². The summed E-state index contributed by atoms with van der Waals surface area (Å²) < 4.78 is 0. The molecule has 0 bridgehead atoms. The van der Waals surface area contributed by atoms with Crippen molar-refractivity contribution in [3.63, 3.8) is 0 Å². The summed E-state index contributed by atoms with van der Waals surface area (Å²) >= 11 is 1.64. The van der Waals surface area contributed by atoms with Crippen LogP contribution in [0.1, 0.15) is 24.8 Å². The highest BCUT2D eigenvalue weighted by Crippen LogP contribution is 2.07. The Hall–Kier alpha value is -0.870. The summed E-state index contributed by atoms with van der Waals surface area (Å²) in [6.07, 6.45) is 4.23. The van der Waals surface area contributed by atoms with Crippen molar-refractivity contribution in [1.82, 2.24) is 10.6 Å². The lowest BCUT2D eigenvalue weighted by atomic mass is 10.1. The number of rotatable bonds is 4. The Labute approximate surface area is 100 Å². The van der Waals surface area contributed by atoms with Gasteiger partial charge in [-0.05, 0) is 41.8 Å². The molecule has 1 aliphatic heterocycles. The Bertz CT molecular complexity index is 318. The van der Waals surface area contributed by atoms with Gasteiger partial charge in [0.1, 0.15) is 0 Å². The van der Waals surface area contributed by atoms with Crippen LogP contribution in [0.15, 0.2) is 16.8 Å². The molecule has 1 atom stereocenters. The van der Waals surface area contributed by atoms with Crippen molar-refractivity contribution in [3.8, 4) is 0 Å². The van der Waals surface area contributed by atoms with Gasteiger partial charge >= 0.3 is 0 Å². The minimum Gasteiger partial charge on any atom is -0.354 e. The topological polar surface area (TPSA) is 41.1 Å². The predicted octanol–water partition coefficient (Wildman–Crippen LogP) is 1.55. The highest BCUT2D eigenvalue weighted by atomic mass is 32.1. The quantitative estimate of drug-likeness (QED) is 0.835. The zero-order valence-electron chi connectivity index (χ0n) is 9.37. The molecule has 1 fully saturated rings. The molecule has 4 heteroatoms. The van der Waals surface area contributed by atoms with E-state index in [9.17, 15) is 4.79 Å². The van der Waals surface area contributed by atoms with E-state index in [1.807, 2.05) is 16.8 Å². The van der Waals surface area contributed by atoms with Crippen molar-refractivity contribution < 1.29 is 4.79 Å². The molecule has 16 heavy (non-hydrogen) atoms. The summed E-state index contributed by atoms with van der Waals surface area (Å²) in [5, 5.41) is 10.4. The van der Waals surface area contributed by atoms with Gasteiger partial charge in [-0.1, -0.05) is 6.42 Å². The fraction of sp³-hybridized carbons (Fsp3) is 0.583. The third kappa shape index (κ3) is 3.61. The first kappa shape index (κ1) is 11.6. The van der Waals surface area contributed by atoms with Gasteiger partial charge in [0.2, 0.25) is 5.91 Å². The van der Waals surface area contributed by atoms with Gasteiger partial charge in [-0.25, -0.2) is 0 Å². The third-order valence-electron chi connectivity index (χ3n) is 2.90. The fourth-order valence-electron chi connectivity index (χ4n) is 1.98. The lowest BCUT2D eigenvalue weighted by molar-refractivity contribution is -0.120. The summed E-state index contributed by atoms with van der Waals surface area (Å²) in [7, 11) is 0. The summed E-state index contributed by atoms with van der Waals surface area (Å²) in [5.41, 5.74) is 1.11. The van der Waals surface area contributed by atoms with Crippen LogP contribution in [0.2, 0.25) is 0 Å². The van der Waals surface area contributed by atoms with Crippen LogP contribution in [0.4, 0.5) is 0 Å². The van der Waals surface area contributed by atoms with Crippen molar-refractivity contribution in [2.24, 2.45) is 0 Å². The summed E-state index contributed by atoms with van der Waals surface area (Å²) in [6.45, 7) is 1.86. The maximum atomic E-state index is 11.6. The number of amides is 1. The number of hydrogen-bond donors (Lipinski definition) is 2. The molecule has 1 aromatic rings. The molecule has 0 unspecified atom stereocenters. The monoisotopic (exact) mass is 238 g/mol. The third-order valence-corrected chi connectivity index (χ3v) is 3.63. The summed E-state index contributed by atoms with van der Waals surface area (Å²) in [4.78, 5) is 11.6. The number of nitrogens with one attached hydrogen (secondary N) is 2. The molecule has 0 aromatic carbocycles. The van der Waals surface area contributed by atoms with Gasteiger partial charge in [0.25, 0.3) is 0 Å². The molecule has 1 amide bonds. The maximum absolute atomic E-state index is 11.6. The average molecular weight is 238 g/mol. The highest BCUT2D eigenvalue weighted by molar-refractivity contribution is 7.07. The van der Waals surface area contributed by atoms with Crippen LogP contribution in [0.25, 0.3) is 0 Å². The van der Waals surface area contributed by atoms with E-state index in [0.717, 1.165) is 18.7 Å². The highest BCUT2D eigenvalue weighted by Gasteiger charge is 2.13. The molecule has 1 aromatic heterocycles. The Morgan fingerprint density at radius 1 is 1.56 bits per heavy atom. The van der Waals surface area contributed by atoms with E-state index < -0.39 is 0 Å².